The van der Waals surface area contributed by atoms with Crippen LogP contribution in [0.5, 0.6) is 0 Å². The standard InChI is InChI=1S/C14H20N2O2/c17-13-8-4-5-11(13)9-16-14(18)10-15-12-6-2-1-3-7-12/h1-3,6-7,11,13,15,17H,4-5,8-10H2,(H,16,18). The molecule has 4 nitrogen and oxygen atoms in total. The average Bonchev–Trinajstić information content (AvgIpc) is 2.81. The number of nitrogens with one attached hydrogen (secondary N) is 2. The Labute approximate surface area is 107 Å². The van der Waals surface area contributed by atoms with Crippen molar-refractivity contribution in [1.29, 1.82) is 0 Å². The van der Waals surface area contributed by atoms with Gasteiger partial charge in [-0.25, -0.2) is 0 Å². The van der Waals surface area contributed by atoms with E-state index in [-0.39, 0.29) is 24.5 Å². The third kappa shape index (κ3) is 3.74. The molecule has 0 spiro atoms. The maximum atomic E-state index is 11.6. The number of hydrogen-bond donors (Lipinski definition) is 3. The summed E-state index contributed by atoms with van der Waals surface area (Å²) in [5.74, 6) is 0.198. The van der Waals surface area contributed by atoms with Crippen LogP contribution < -0.4 is 10.6 Å². The molecule has 3 N–H and O–H groups in total. The highest BCUT2D eigenvalue weighted by atomic mass is 16.3. The van der Waals surface area contributed by atoms with Crippen LogP contribution in [0.15, 0.2) is 30.3 Å². The third-order valence-corrected chi connectivity index (χ3v) is 3.41. The number of aliphatic hydroxyl groups is 1. The second kappa shape index (κ2) is 6.40. The molecule has 2 atom stereocenters. The lowest BCUT2D eigenvalue weighted by Crippen LogP contribution is -2.35. The van der Waals surface area contributed by atoms with E-state index in [0.717, 1.165) is 24.9 Å². The molecule has 1 aromatic carbocycles. The first kappa shape index (κ1) is 12.9. The number of benzene rings is 1. The molecule has 0 heterocycles. The molecule has 1 aromatic rings. The molecule has 1 saturated carbocycles. The van der Waals surface area contributed by atoms with Crippen molar-refractivity contribution in [2.24, 2.45) is 5.92 Å². The SMILES string of the molecule is O=C(CNc1ccccc1)NCC1CCCC1O. The van der Waals surface area contributed by atoms with Crippen LogP contribution in [0.4, 0.5) is 5.69 Å². The van der Waals surface area contributed by atoms with Crippen LogP contribution in [0, 0.1) is 5.92 Å². The predicted molar refractivity (Wildman–Crippen MR) is 71.3 cm³/mol. The fraction of sp³-hybridized carbons (Fsp3) is 0.500. The van der Waals surface area contributed by atoms with Gasteiger partial charge in [-0.2, -0.15) is 0 Å². The minimum absolute atomic E-state index is 0.0297. The highest BCUT2D eigenvalue weighted by molar-refractivity contribution is 5.80. The van der Waals surface area contributed by atoms with Crippen molar-refractivity contribution < 1.29 is 9.90 Å². The molecule has 2 unspecified atom stereocenters. The molecule has 1 amide bonds. The third-order valence-electron chi connectivity index (χ3n) is 3.41. The van der Waals surface area contributed by atoms with Crippen molar-refractivity contribution in [3.05, 3.63) is 30.3 Å². The van der Waals surface area contributed by atoms with Gasteiger partial charge >= 0.3 is 0 Å². The molecule has 4 heteroatoms. The molecule has 1 aliphatic carbocycles. The van der Waals surface area contributed by atoms with Gasteiger partial charge in [0.2, 0.25) is 5.91 Å². The van der Waals surface area contributed by atoms with Crippen molar-refractivity contribution in [3.63, 3.8) is 0 Å². The molecular weight excluding hydrogens is 228 g/mol. The van der Waals surface area contributed by atoms with Gasteiger partial charge in [-0.05, 0) is 25.0 Å². The molecule has 98 valence electrons. The summed E-state index contributed by atoms with van der Waals surface area (Å²) in [5.41, 5.74) is 0.938. The first-order chi connectivity index (χ1) is 8.75. The molecular formula is C14H20N2O2. The Morgan fingerprint density at radius 3 is 2.72 bits per heavy atom. The topological polar surface area (TPSA) is 61.4 Å². The minimum Gasteiger partial charge on any atom is -0.393 e. The van der Waals surface area contributed by atoms with Gasteiger partial charge in [-0.3, -0.25) is 4.79 Å². The van der Waals surface area contributed by atoms with E-state index in [2.05, 4.69) is 10.6 Å². The first-order valence-electron chi connectivity index (χ1n) is 6.49. The van der Waals surface area contributed by atoms with Crippen molar-refractivity contribution in [3.8, 4) is 0 Å². The number of aliphatic hydroxyl groups excluding tert-OH is 1. The maximum Gasteiger partial charge on any atom is 0.239 e. The van der Waals surface area contributed by atoms with Crippen molar-refractivity contribution in [2.45, 2.75) is 25.4 Å². The summed E-state index contributed by atoms with van der Waals surface area (Å²) in [4.78, 5) is 11.6. The van der Waals surface area contributed by atoms with Crippen LogP contribution >= 0.6 is 0 Å². The number of hydrogen-bond acceptors (Lipinski definition) is 3. The Morgan fingerprint density at radius 2 is 2.06 bits per heavy atom. The van der Waals surface area contributed by atoms with Gasteiger partial charge in [-0.1, -0.05) is 24.6 Å². The summed E-state index contributed by atoms with van der Waals surface area (Å²) in [6, 6.07) is 9.64. The van der Waals surface area contributed by atoms with E-state index in [1.807, 2.05) is 30.3 Å². The summed E-state index contributed by atoms with van der Waals surface area (Å²) in [6.45, 7) is 0.850. The molecule has 2 rings (SSSR count). The number of carbonyl (C=O) groups excluding carboxylic acids is 1. The molecule has 0 saturated heterocycles. The highest BCUT2D eigenvalue weighted by Gasteiger charge is 2.25. The summed E-state index contributed by atoms with van der Waals surface area (Å²) in [7, 11) is 0. The van der Waals surface area contributed by atoms with Gasteiger partial charge < -0.3 is 15.7 Å². The number of anilines is 1. The normalized spacial score (nSPS) is 22.7. The van der Waals surface area contributed by atoms with Crippen LogP contribution in [0.2, 0.25) is 0 Å². The fourth-order valence-corrected chi connectivity index (χ4v) is 2.30. The lowest BCUT2D eigenvalue weighted by atomic mass is 10.1. The second-order valence-corrected chi connectivity index (χ2v) is 4.78. The van der Waals surface area contributed by atoms with Gasteiger partial charge in [0.25, 0.3) is 0 Å². The highest BCUT2D eigenvalue weighted by Crippen LogP contribution is 2.24. The molecule has 1 aliphatic rings. The monoisotopic (exact) mass is 248 g/mol. The van der Waals surface area contributed by atoms with Gasteiger partial charge in [0.15, 0.2) is 0 Å². The molecule has 18 heavy (non-hydrogen) atoms. The number of amides is 1. The Balaban J connectivity index is 1.66. The van der Waals surface area contributed by atoms with Crippen LogP contribution in [0.25, 0.3) is 0 Å². The lowest BCUT2D eigenvalue weighted by molar-refractivity contribution is -0.119. The summed E-state index contributed by atoms with van der Waals surface area (Å²) >= 11 is 0. The van der Waals surface area contributed by atoms with E-state index < -0.39 is 0 Å². The van der Waals surface area contributed by atoms with Gasteiger partial charge in [0.1, 0.15) is 0 Å². The van der Waals surface area contributed by atoms with Crippen LogP contribution in [0.3, 0.4) is 0 Å². The van der Waals surface area contributed by atoms with E-state index in [0.29, 0.717) is 6.54 Å². The minimum atomic E-state index is -0.243. The van der Waals surface area contributed by atoms with Gasteiger partial charge in [0, 0.05) is 18.2 Å². The summed E-state index contributed by atoms with van der Waals surface area (Å²) in [6.07, 6.45) is 2.69. The number of carbonyl (C=O) groups is 1. The molecule has 0 aromatic heterocycles. The van der Waals surface area contributed by atoms with Gasteiger partial charge in [-0.15, -0.1) is 0 Å². The van der Waals surface area contributed by atoms with E-state index in [4.69, 9.17) is 0 Å². The molecule has 0 radical (unpaired) electrons. The Bertz CT molecular complexity index is 381. The average molecular weight is 248 g/mol. The Morgan fingerprint density at radius 1 is 1.28 bits per heavy atom. The van der Waals surface area contributed by atoms with Crippen LogP contribution in [0.1, 0.15) is 19.3 Å². The van der Waals surface area contributed by atoms with Crippen LogP contribution in [-0.4, -0.2) is 30.2 Å². The van der Waals surface area contributed by atoms with Crippen molar-refractivity contribution in [1.82, 2.24) is 5.32 Å². The lowest BCUT2D eigenvalue weighted by Gasteiger charge is -2.15. The smallest absolute Gasteiger partial charge is 0.239 e. The van der Waals surface area contributed by atoms with Crippen LogP contribution in [-0.2, 0) is 4.79 Å². The van der Waals surface area contributed by atoms with E-state index >= 15 is 0 Å². The molecule has 0 bridgehead atoms. The summed E-state index contributed by atoms with van der Waals surface area (Å²) in [5, 5.41) is 15.6. The van der Waals surface area contributed by atoms with E-state index in [1.165, 1.54) is 0 Å². The summed E-state index contributed by atoms with van der Waals surface area (Å²) < 4.78 is 0. The Hall–Kier alpha value is -1.55. The number of para-hydroxylation sites is 1. The maximum absolute atomic E-state index is 11.6. The molecule has 0 aliphatic heterocycles. The fourth-order valence-electron chi connectivity index (χ4n) is 2.30. The van der Waals surface area contributed by atoms with Gasteiger partial charge in [0.05, 0.1) is 12.6 Å². The van der Waals surface area contributed by atoms with Crippen molar-refractivity contribution >= 4 is 11.6 Å². The zero-order valence-electron chi connectivity index (χ0n) is 10.4. The van der Waals surface area contributed by atoms with E-state index in [1.54, 1.807) is 0 Å². The van der Waals surface area contributed by atoms with Crippen molar-refractivity contribution in [2.75, 3.05) is 18.4 Å². The first-order valence-corrected chi connectivity index (χ1v) is 6.49. The largest absolute Gasteiger partial charge is 0.393 e. The van der Waals surface area contributed by atoms with E-state index in [9.17, 15) is 9.90 Å². The number of rotatable bonds is 5. The zero-order chi connectivity index (χ0) is 12.8. The second-order valence-electron chi connectivity index (χ2n) is 4.78. The quantitative estimate of drug-likeness (QED) is 0.737. The predicted octanol–water partition coefficient (Wildman–Crippen LogP) is 1.38. The molecule has 1 fully saturated rings. The zero-order valence-corrected chi connectivity index (χ0v) is 10.4. The Kier molecular flexibility index (Phi) is 4.59.